The minimum Gasteiger partial charge on any atom is -0.480 e. The van der Waals surface area contributed by atoms with Crippen LogP contribution in [-0.2, 0) is 4.79 Å². The standard InChI is InChI=1S/C12H22F2O2S/c1-12(2,3)10(11(15)16)17-8-6-4-5-7-9(13)14/h9-10H,4-8H2,1-3H3,(H,15,16). The molecule has 0 saturated carbocycles. The van der Waals surface area contributed by atoms with Gasteiger partial charge >= 0.3 is 5.97 Å². The summed E-state index contributed by atoms with van der Waals surface area (Å²) in [6, 6.07) is 0. The van der Waals surface area contributed by atoms with Gasteiger partial charge in [-0.05, 0) is 24.0 Å². The molecular weight excluding hydrogens is 246 g/mol. The van der Waals surface area contributed by atoms with Crippen LogP contribution < -0.4 is 0 Å². The molecule has 102 valence electrons. The van der Waals surface area contributed by atoms with Gasteiger partial charge in [-0.15, -0.1) is 11.8 Å². The maximum atomic E-state index is 11.9. The van der Waals surface area contributed by atoms with Crippen LogP contribution in [0.15, 0.2) is 0 Å². The minimum absolute atomic E-state index is 0.0493. The lowest BCUT2D eigenvalue weighted by molar-refractivity contribution is -0.138. The number of thioether (sulfide) groups is 1. The molecule has 0 fully saturated rings. The molecule has 0 spiro atoms. The van der Waals surface area contributed by atoms with Crippen LogP contribution >= 0.6 is 11.8 Å². The highest BCUT2D eigenvalue weighted by Crippen LogP contribution is 2.31. The number of carboxylic acid groups (broad SMARTS) is 1. The molecule has 0 bridgehead atoms. The van der Waals surface area contributed by atoms with Crippen molar-refractivity contribution in [3.63, 3.8) is 0 Å². The van der Waals surface area contributed by atoms with E-state index in [-0.39, 0.29) is 11.8 Å². The van der Waals surface area contributed by atoms with Gasteiger partial charge < -0.3 is 5.11 Å². The third-order valence-electron chi connectivity index (χ3n) is 2.36. The second kappa shape index (κ2) is 7.90. The Morgan fingerprint density at radius 3 is 2.24 bits per heavy atom. The highest BCUT2D eigenvalue weighted by molar-refractivity contribution is 8.00. The van der Waals surface area contributed by atoms with E-state index in [4.69, 9.17) is 5.11 Å². The van der Waals surface area contributed by atoms with Gasteiger partial charge in [-0.3, -0.25) is 4.79 Å². The van der Waals surface area contributed by atoms with E-state index in [9.17, 15) is 13.6 Å². The van der Waals surface area contributed by atoms with E-state index in [1.54, 1.807) is 0 Å². The fraction of sp³-hybridized carbons (Fsp3) is 0.917. The van der Waals surface area contributed by atoms with Crippen molar-refractivity contribution >= 4 is 17.7 Å². The maximum Gasteiger partial charge on any atom is 0.317 e. The van der Waals surface area contributed by atoms with Crippen molar-refractivity contribution in [1.82, 2.24) is 0 Å². The average Bonchev–Trinajstić information content (AvgIpc) is 2.13. The lowest BCUT2D eigenvalue weighted by Crippen LogP contribution is -2.31. The molecule has 1 unspecified atom stereocenters. The fourth-order valence-electron chi connectivity index (χ4n) is 1.47. The zero-order valence-electron chi connectivity index (χ0n) is 10.7. The van der Waals surface area contributed by atoms with Crippen LogP contribution in [0.4, 0.5) is 8.78 Å². The Bertz CT molecular complexity index is 227. The summed E-state index contributed by atoms with van der Waals surface area (Å²) in [5, 5.41) is 8.63. The van der Waals surface area contributed by atoms with Gasteiger partial charge in [-0.25, -0.2) is 8.78 Å². The number of halogens is 2. The topological polar surface area (TPSA) is 37.3 Å². The van der Waals surface area contributed by atoms with Gasteiger partial charge in [0.15, 0.2) is 0 Å². The lowest BCUT2D eigenvalue weighted by Gasteiger charge is -2.26. The Labute approximate surface area is 106 Å². The van der Waals surface area contributed by atoms with Crippen LogP contribution in [0.1, 0.15) is 46.5 Å². The summed E-state index contributed by atoms with van der Waals surface area (Å²) in [7, 11) is 0. The van der Waals surface area contributed by atoms with Crippen molar-refractivity contribution in [3.05, 3.63) is 0 Å². The molecule has 0 aromatic rings. The van der Waals surface area contributed by atoms with Gasteiger partial charge in [0.05, 0.1) is 0 Å². The van der Waals surface area contributed by atoms with E-state index in [0.29, 0.717) is 6.42 Å². The molecule has 1 atom stereocenters. The molecule has 0 aliphatic heterocycles. The van der Waals surface area contributed by atoms with E-state index in [0.717, 1.165) is 18.6 Å². The molecule has 0 aromatic carbocycles. The van der Waals surface area contributed by atoms with Crippen molar-refractivity contribution in [2.45, 2.75) is 58.1 Å². The van der Waals surface area contributed by atoms with Gasteiger partial charge in [0.2, 0.25) is 6.43 Å². The number of alkyl halides is 2. The predicted molar refractivity (Wildman–Crippen MR) is 67.8 cm³/mol. The van der Waals surface area contributed by atoms with E-state index in [1.165, 1.54) is 11.8 Å². The minimum atomic E-state index is -2.22. The normalized spacial score (nSPS) is 14.0. The van der Waals surface area contributed by atoms with E-state index in [2.05, 4.69) is 0 Å². The highest BCUT2D eigenvalue weighted by atomic mass is 32.2. The molecule has 0 aliphatic carbocycles. The zero-order valence-corrected chi connectivity index (χ0v) is 11.5. The summed E-state index contributed by atoms with van der Waals surface area (Å²) < 4.78 is 23.7. The van der Waals surface area contributed by atoms with Gasteiger partial charge in [-0.1, -0.05) is 27.2 Å². The first kappa shape index (κ1) is 16.7. The molecule has 5 heteroatoms. The number of carboxylic acids is 1. The molecule has 0 saturated heterocycles. The summed E-state index contributed by atoms with van der Waals surface area (Å²) in [4.78, 5) is 11.0. The van der Waals surface area contributed by atoms with Crippen molar-refractivity contribution in [3.8, 4) is 0 Å². The number of hydrogen-bond acceptors (Lipinski definition) is 2. The average molecular weight is 268 g/mol. The molecule has 0 radical (unpaired) electrons. The van der Waals surface area contributed by atoms with Crippen molar-refractivity contribution in [2.24, 2.45) is 5.41 Å². The van der Waals surface area contributed by atoms with Crippen LogP contribution in [0.2, 0.25) is 0 Å². The molecule has 0 rings (SSSR count). The monoisotopic (exact) mass is 268 g/mol. The Balaban J connectivity index is 3.74. The fourth-order valence-corrected chi connectivity index (χ4v) is 2.72. The van der Waals surface area contributed by atoms with Crippen LogP contribution in [0.3, 0.4) is 0 Å². The van der Waals surface area contributed by atoms with E-state index in [1.807, 2.05) is 20.8 Å². The largest absolute Gasteiger partial charge is 0.480 e. The molecule has 2 nitrogen and oxygen atoms in total. The van der Waals surface area contributed by atoms with Crippen LogP contribution in [0.25, 0.3) is 0 Å². The van der Waals surface area contributed by atoms with Gasteiger partial charge in [0, 0.05) is 6.42 Å². The molecular formula is C12H22F2O2S. The maximum absolute atomic E-state index is 11.9. The second-order valence-corrected chi connectivity index (χ2v) is 6.41. The molecule has 0 aromatic heterocycles. The second-order valence-electron chi connectivity index (χ2n) is 5.20. The SMILES string of the molecule is CC(C)(C)C(SCCCCCC(F)F)C(=O)O. The summed E-state index contributed by atoms with van der Waals surface area (Å²) in [5.41, 5.74) is -0.278. The summed E-state index contributed by atoms with van der Waals surface area (Å²) in [6.45, 7) is 5.70. The van der Waals surface area contributed by atoms with Crippen molar-refractivity contribution in [1.29, 1.82) is 0 Å². The predicted octanol–water partition coefficient (Wildman–Crippen LogP) is 4.04. The van der Waals surface area contributed by atoms with Crippen molar-refractivity contribution < 1.29 is 18.7 Å². The first-order valence-corrected chi connectivity index (χ1v) is 6.92. The number of rotatable bonds is 8. The first-order chi connectivity index (χ1) is 7.75. The third kappa shape index (κ3) is 8.41. The summed E-state index contributed by atoms with van der Waals surface area (Å²) in [5.74, 6) is -0.0765. The molecule has 1 N–H and O–H groups in total. The Hall–Kier alpha value is -0.320. The smallest absolute Gasteiger partial charge is 0.317 e. The Morgan fingerprint density at radius 2 is 1.82 bits per heavy atom. The van der Waals surface area contributed by atoms with Gasteiger partial charge in [0.1, 0.15) is 5.25 Å². The first-order valence-electron chi connectivity index (χ1n) is 5.87. The Kier molecular flexibility index (Phi) is 7.75. The highest BCUT2D eigenvalue weighted by Gasteiger charge is 2.31. The summed E-state index contributed by atoms with van der Waals surface area (Å²) in [6.07, 6.45) is -0.202. The molecule has 0 amide bonds. The Morgan fingerprint density at radius 1 is 1.24 bits per heavy atom. The number of unbranched alkanes of at least 4 members (excludes halogenated alkanes) is 2. The molecule has 0 heterocycles. The summed E-state index contributed by atoms with van der Waals surface area (Å²) >= 11 is 1.41. The van der Waals surface area contributed by atoms with Crippen LogP contribution in [-0.4, -0.2) is 28.5 Å². The van der Waals surface area contributed by atoms with Gasteiger partial charge in [-0.2, -0.15) is 0 Å². The number of hydrogen-bond donors (Lipinski definition) is 1. The third-order valence-corrected chi connectivity index (χ3v) is 4.13. The van der Waals surface area contributed by atoms with Crippen LogP contribution in [0, 0.1) is 5.41 Å². The van der Waals surface area contributed by atoms with Crippen LogP contribution in [0.5, 0.6) is 0 Å². The van der Waals surface area contributed by atoms with Crippen molar-refractivity contribution in [2.75, 3.05) is 5.75 Å². The molecule has 17 heavy (non-hydrogen) atoms. The van der Waals surface area contributed by atoms with E-state index >= 15 is 0 Å². The quantitative estimate of drug-likeness (QED) is 0.675. The number of aliphatic carboxylic acids is 1. The van der Waals surface area contributed by atoms with Gasteiger partial charge in [0.25, 0.3) is 0 Å². The number of carbonyl (C=O) groups is 1. The zero-order chi connectivity index (χ0) is 13.5. The lowest BCUT2D eigenvalue weighted by atomic mass is 9.92. The molecule has 0 aliphatic rings. The van der Waals surface area contributed by atoms with E-state index < -0.39 is 17.6 Å².